The van der Waals surface area contributed by atoms with Crippen molar-refractivity contribution < 1.29 is 23.7 Å². The zero-order valence-electron chi connectivity index (χ0n) is 17.6. The van der Waals surface area contributed by atoms with Crippen molar-refractivity contribution in [1.82, 2.24) is 0 Å². The summed E-state index contributed by atoms with van der Waals surface area (Å²) in [6.45, 7) is 3.59. The van der Waals surface area contributed by atoms with Gasteiger partial charge in [0.25, 0.3) is 0 Å². The molecule has 4 aliphatic carbocycles. The quantitative estimate of drug-likeness (QED) is 0.555. The standard InChI is InChI=1S/C25H28O5/c1-22-9-3-4-10-23(22)11-12-24(22,15-5-7-16(27-2)8-6-15)17-18(26)19-21(30-19)25(20(17)23)28-13-14-29-25/h5-8,11-12,17,19-21H,3-4,9-10,13-14H2,1-2H3/t17-,19-,20+,21-,22+,23+,24-/m1/s1. The third-order valence-corrected chi connectivity index (χ3v) is 9.69. The Bertz CT molecular complexity index is 962. The van der Waals surface area contributed by atoms with Crippen LogP contribution in [0.25, 0.3) is 0 Å². The number of benzene rings is 1. The molecular weight excluding hydrogens is 380 g/mol. The zero-order valence-corrected chi connectivity index (χ0v) is 17.6. The van der Waals surface area contributed by atoms with Crippen LogP contribution in [0.1, 0.15) is 38.2 Å². The summed E-state index contributed by atoms with van der Waals surface area (Å²) in [6.07, 6.45) is 8.77. The number of rotatable bonds is 2. The van der Waals surface area contributed by atoms with Gasteiger partial charge in [0.1, 0.15) is 18.0 Å². The Kier molecular flexibility index (Phi) is 3.21. The average molecular weight is 408 g/mol. The fourth-order valence-corrected chi connectivity index (χ4v) is 8.56. The van der Waals surface area contributed by atoms with Crippen LogP contribution in [0.5, 0.6) is 5.75 Å². The van der Waals surface area contributed by atoms with Gasteiger partial charge in [-0.3, -0.25) is 4.79 Å². The van der Waals surface area contributed by atoms with Crippen LogP contribution < -0.4 is 4.74 Å². The molecule has 5 heteroatoms. The first-order valence-corrected chi connectivity index (χ1v) is 11.4. The molecule has 1 aromatic carbocycles. The molecule has 158 valence electrons. The average Bonchev–Trinajstić information content (AvgIpc) is 3.30. The summed E-state index contributed by atoms with van der Waals surface area (Å²) in [6, 6.07) is 8.38. The predicted octanol–water partition coefficient (Wildman–Crippen LogP) is 3.41. The number of carbonyl (C=O) groups excluding carboxylic acids is 1. The first kappa shape index (κ1) is 17.9. The zero-order chi connectivity index (χ0) is 20.4. The molecule has 0 amide bonds. The number of hydrogen-bond donors (Lipinski definition) is 0. The van der Waals surface area contributed by atoms with Crippen molar-refractivity contribution in [3.63, 3.8) is 0 Å². The van der Waals surface area contributed by atoms with Gasteiger partial charge in [0.05, 0.1) is 20.3 Å². The van der Waals surface area contributed by atoms with Crippen LogP contribution in [0.3, 0.4) is 0 Å². The number of epoxide rings is 1. The second-order valence-corrected chi connectivity index (χ2v) is 10.3. The maximum atomic E-state index is 13.9. The predicted molar refractivity (Wildman–Crippen MR) is 108 cm³/mol. The molecule has 0 unspecified atom stereocenters. The Hall–Kier alpha value is -1.69. The molecule has 5 nitrogen and oxygen atoms in total. The maximum Gasteiger partial charge on any atom is 0.202 e. The number of hydrogen-bond acceptors (Lipinski definition) is 5. The number of allylic oxidation sites excluding steroid dienone is 2. The van der Waals surface area contributed by atoms with Gasteiger partial charge < -0.3 is 18.9 Å². The SMILES string of the molecule is COc1ccc([C@@]23C=C[C@@]4(CCCC[C@@]42C)[C@@H]2[C@H]3C(=O)[C@H]3O[C@H]3C23OCCO3)cc1. The largest absolute Gasteiger partial charge is 0.497 e. The van der Waals surface area contributed by atoms with Crippen LogP contribution in [0, 0.1) is 22.7 Å². The Morgan fingerprint density at radius 3 is 2.50 bits per heavy atom. The molecule has 0 radical (unpaired) electrons. The lowest BCUT2D eigenvalue weighted by molar-refractivity contribution is -0.243. The molecule has 2 aliphatic heterocycles. The lowest BCUT2D eigenvalue weighted by Crippen LogP contribution is -2.60. The summed E-state index contributed by atoms with van der Waals surface area (Å²) in [5.74, 6) is 0.138. The molecule has 6 aliphatic rings. The van der Waals surface area contributed by atoms with Crippen molar-refractivity contribution in [1.29, 1.82) is 0 Å². The minimum Gasteiger partial charge on any atom is -0.497 e. The molecule has 5 fully saturated rings. The van der Waals surface area contributed by atoms with Crippen LogP contribution in [0.2, 0.25) is 0 Å². The minimum atomic E-state index is -0.777. The number of ketones is 1. The first-order valence-electron chi connectivity index (χ1n) is 11.4. The molecule has 1 aromatic rings. The van der Waals surface area contributed by atoms with Crippen LogP contribution >= 0.6 is 0 Å². The molecule has 1 spiro atoms. The molecule has 30 heavy (non-hydrogen) atoms. The van der Waals surface area contributed by atoms with E-state index in [0.717, 1.165) is 18.6 Å². The number of fused-ring (bicyclic) bond motifs is 5. The molecule has 2 bridgehead atoms. The number of methoxy groups -OCH3 is 1. The molecule has 0 N–H and O–H groups in total. The van der Waals surface area contributed by atoms with E-state index in [1.54, 1.807) is 7.11 Å². The van der Waals surface area contributed by atoms with Crippen molar-refractivity contribution in [3.05, 3.63) is 42.0 Å². The minimum absolute atomic E-state index is 0.00107. The lowest BCUT2D eigenvalue weighted by atomic mass is 9.52. The molecule has 2 heterocycles. The highest BCUT2D eigenvalue weighted by atomic mass is 16.8. The van der Waals surface area contributed by atoms with Gasteiger partial charge in [-0.2, -0.15) is 0 Å². The van der Waals surface area contributed by atoms with Crippen molar-refractivity contribution in [2.45, 2.75) is 56.0 Å². The first-order chi connectivity index (χ1) is 14.5. The summed E-state index contributed by atoms with van der Waals surface area (Å²) >= 11 is 0. The third-order valence-electron chi connectivity index (χ3n) is 9.69. The van der Waals surface area contributed by atoms with Crippen LogP contribution in [-0.4, -0.2) is 44.1 Å². The normalized spacial score (nSPS) is 49.1. The monoisotopic (exact) mass is 408 g/mol. The van der Waals surface area contributed by atoms with E-state index in [1.165, 1.54) is 18.4 Å². The highest BCUT2D eigenvalue weighted by molar-refractivity contribution is 5.93. The smallest absolute Gasteiger partial charge is 0.202 e. The van der Waals surface area contributed by atoms with E-state index in [4.69, 9.17) is 18.9 Å². The van der Waals surface area contributed by atoms with E-state index in [1.807, 2.05) is 12.1 Å². The van der Waals surface area contributed by atoms with Crippen LogP contribution in [-0.2, 0) is 24.4 Å². The van der Waals surface area contributed by atoms with Gasteiger partial charge in [0.2, 0.25) is 5.79 Å². The van der Waals surface area contributed by atoms with Gasteiger partial charge >= 0.3 is 0 Å². The summed E-state index contributed by atoms with van der Waals surface area (Å²) in [5, 5.41) is 0. The van der Waals surface area contributed by atoms with Crippen molar-refractivity contribution >= 4 is 5.78 Å². The highest BCUT2D eigenvalue weighted by Crippen LogP contribution is 2.82. The topological polar surface area (TPSA) is 57.3 Å². The Morgan fingerprint density at radius 2 is 1.77 bits per heavy atom. The Balaban J connectivity index is 1.50. The molecule has 2 saturated heterocycles. The second-order valence-electron chi connectivity index (χ2n) is 10.3. The molecular formula is C25H28O5. The van der Waals surface area contributed by atoms with Crippen LogP contribution in [0.4, 0.5) is 0 Å². The maximum absolute atomic E-state index is 13.9. The van der Waals surface area contributed by atoms with Gasteiger partial charge in [-0.05, 0) is 36.0 Å². The van der Waals surface area contributed by atoms with E-state index in [2.05, 4.69) is 31.2 Å². The van der Waals surface area contributed by atoms with Crippen LogP contribution in [0.15, 0.2) is 36.4 Å². The van der Waals surface area contributed by atoms with E-state index in [0.29, 0.717) is 13.2 Å². The third kappa shape index (κ3) is 1.64. The van der Waals surface area contributed by atoms with Crippen molar-refractivity contribution in [2.24, 2.45) is 22.7 Å². The number of carbonyl (C=O) groups is 1. The molecule has 7 rings (SSSR count). The van der Waals surface area contributed by atoms with E-state index >= 15 is 0 Å². The summed E-state index contributed by atoms with van der Waals surface area (Å²) in [4.78, 5) is 13.9. The van der Waals surface area contributed by atoms with Gasteiger partial charge in [0.15, 0.2) is 5.78 Å². The Morgan fingerprint density at radius 1 is 1.03 bits per heavy atom. The van der Waals surface area contributed by atoms with Crippen molar-refractivity contribution in [3.8, 4) is 5.75 Å². The van der Waals surface area contributed by atoms with Gasteiger partial charge in [-0.1, -0.05) is 44.1 Å². The fraction of sp³-hybridized carbons (Fsp3) is 0.640. The summed E-state index contributed by atoms with van der Waals surface area (Å²) in [7, 11) is 1.69. The number of Topliss-reactive ketones (excluding diaryl/α,β-unsaturated/α-hetero) is 1. The van der Waals surface area contributed by atoms with Gasteiger partial charge in [-0.15, -0.1) is 0 Å². The van der Waals surface area contributed by atoms with E-state index < -0.39 is 5.79 Å². The Labute approximate surface area is 176 Å². The summed E-state index contributed by atoms with van der Waals surface area (Å²) < 4.78 is 24.2. The fourth-order valence-electron chi connectivity index (χ4n) is 8.56. The van der Waals surface area contributed by atoms with Gasteiger partial charge in [0, 0.05) is 22.7 Å². The molecule has 3 saturated carbocycles. The van der Waals surface area contributed by atoms with Crippen molar-refractivity contribution in [2.75, 3.05) is 20.3 Å². The second kappa shape index (κ2) is 5.37. The van der Waals surface area contributed by atoms with Gasteiger partial charge in [-0.25, -0.2) is 0 Å². The number of ether oxygens (including phenoxy) is 4. The molecule has 7 atom stereocenters. The van der Waals surface area contributed by atoms with E-state index in [9.17, 15) is 4.79 Å². The lowest BCUT2D eigenvalue weighted by Gasteiger charge is -2.52. The molecule has 0 aromatic heterocycles. The highest BCUT2D eigenvalue weighted by Gasteiger charge is 2.87. The summed E-state index contributed by atoms with van der Waals surface area (Å²) in [5.41, 5.74) is 0.698. The van der Waals surface area contributed by atoms with E-state index in [-0.39, 0.29) is 46.1 Å².